The molecule has 110 valence electrons. The van der Waals surface area contributed by atoms with E-state index in [1.807, 2.05) is 4.90 Å². The Balaban J connectivity index is 1.99. The number of aliphatic hydroxyl groups excluding tert-OH is 1. The molecule has 0 saturated carbocycles. The Kier molecular flexibility index (Phi) is 5.43. The Labute approximate surface area is 127 Å². The highest BCUT2D eigenvalue weighted by Crippen LogP contribution is 2.27. The topological polar surface area (TPSA) is 49.8 Å². The fourth-order valence-electron chi connectivity index (χ4n) is 2.35. The predicted octanol–water partition coefficient (Wildman–Crippen LogP) is 2.72. The van der Waals surface area contributed by atoms with E-state index in [-0.39, 0.29) is 12.5 Å². The van der Waals surface area contributed by atoms with Crippen LogP contribution < -0.4 is 4.74 Å². The van der Waals surface area contributed by atoms with E-state index in [1.54, 1.807) is 25.1 Å². The van der Waals surface area contributed by atoms with Crippen molar-refractivity contribution in [3.8, 4) is 5.75 Å². The second kappa shape index (κ2) is 7.09. The maximum atomic E-state index is 12.3. The Morgan fingerprint density at radius 3 is 2.70 bits per heavy atom. The number of ether oxygens (including phenoxy) is 1. The van der Waals surface area contributed by atoms with Gasteiger partial charge in [0.1, 0.15) is 5.75 Å². The molecule has 1 aromatic rings. The molecular formula is C15H20BrNO3. The zero-order valence-corrected chi connectivity index (χ0v) is 13.2. The van der Waals surface area contributed by atoms with Gasteiger partial charge in [-0.25, -0.2) is 0 Å². The molecule has 0 spiro atoms. The molecule has 0 aromatic heterocycles. The summed E-state index contributed by atoms with van der Waals surface area (Å²) in [6.07, 6.45) is 2.86. The zero-order chi connectivity index (χ0) is 14.5. The number of rotatable bonds is 4. The van der Waals surface area contributed by atoms with Gasteiger partial charge in [0.05, 0.1) is 11.1 Å². The number of halogens is 1. The number of carbonyl (C=O) groups excluding carboxylic acids is 1. The van der Waals surface area contributed by atoms with Crippen molar-refractivity contribution >= 4 is 21.8 Å². The van der Waals surface area contributed by atoms with Crippen LogP contribution in [-0.2, 0) is 11.4 Å². The minimum Gasteiger partial charge on any atom is -0.480 e. The minimum absolute atomic E-state index is 0.0128. The molecule has 1 unspecified atom stereocenters. The van der Waals surface area contributed by atoms with Gasteiger partial charge in [-0.05, 0) is 59.8 Å². The SMILES string of the molecule is CC(Oc1ccc(CO)cc1Br)C(=O)N1CCCCC1. The summed E-state index contributed by atoms with van der Waals surface area (Å²) in [5, 5.41) is 9.07. The van der Waals surface area contributed by atoms with Crippen LogP contribution in [0.25, 0.3) is 0 Å². The van der Waals surface area contributed by atoms with Gasteiger partial charge in [0, 0.05) is 13.1 Å². The predicted molar refractivity (Wildman–Crippen MR) is 80.6 cm³/mol. The first kappa shape index (κ1) is 15.3. The molecule has 4 nitrogen and oxygen atoms in total. The van der Waals surface area contributed by atoms with Crippen LogP contribution in [0.2, 0.25) is 0 Å². The summed E-state index contributed by atoms with van der Waals surface area (Å²) in [6, 6.07) is 5.36. The summed E-state index contributed by atoms with van der Waals surface area (Å²) in [4.78, 5) is 14.2. The molecule has 1 atom stereocenters. The molecule has 1 aliphatic rings. The van der Waals surface area contributed by atoms with Crippen LogP contribution in [0.1, 0.15) is 31.7 Å². The Bertz CT molecular complexity index is 472. The van der Waals surface area contributed by atoms with Crippen molar-refractivity contribution in [2.45, 2.75) is 38.9 Å². The summed E-state index contributed by atoms with van der Waals surface area (Å²) < 4.78 is 6.49. The lowest BCUT2D eigenvalue weighted by atomic mass is 10.1. The average molecular weight is 342 g/mol. The maximum Gasteiger partial charge on any atom is 0.263 e. The number of hydrogen-bond acceptors (Lipinski definition) is 3. The monoisotopic (exact) mass is 341 g/mol. The van der Waals surface area contributed by atoms with Crippen LogP contribution in [-0.4, -0.2) is 35.1 Å². The number of nitrogens with zero attached hydrogens (tertiary/aromatic N) is 1. The van der Waals surface area contributed by atoms with E-state index >= 15 is 0 Å². The van der Waals surface area contributed by atoms with E-state index in [2.05, 4.69) is 15.9 Å². The van der Waals surface area contributed by atoms with Crippen LogP contribution in [0.3, 0.4) is 0 Å². The maximum absolute atomic E-state index is 12.3. The molecule has 1 saturated heterocycles. The fraction of sp³-hybridized carbons (Fsp3) is 0.533. The van der Waals surface area contributed by atoms with Gasteiger partial charge in [-0.2, -0.15) is 0 Å². The standard InChI is InChI=1S/C15H20BrNO3/c1-11(15(19)17-7-3-2-4-8-17)20-14-6-5-12(10-18)9-13(14)16/h5-6,9,11,18H,2-4,7-8,10H2,1H3. The minimum atomic E-state index is -0.496. The fourth-order valence-corrected chi connectivity index (χ4v) is 2.87. The van der Waals surface area contributed by atoms with Crippen LogP contribution in [0.5, 0.6) is 5.75 Å². The van der Waals surface area contributed by atoms with Crippen LogP contribution in [0.15, 0.2) is 22.7 Å². The number of aliphatic hydroxyl groups is 1. The van der Waals surface area contributed by atoms with Crippen molar-refractivity contribution in [1.29, 1.82) is 0 Å². The molecule has 20 heavy (non-hydrogen) atoms. The number of benzene rings is 1. The average Bonchev–Trinajstić information content (AvgIpc) is 2.49. The number of likely N-dealkylation sites (tertiary alicyclic amines) is 1. The third kappa shape index (κ3) is 3.73. The molecule has 1 amide bonds. The van der Waals surface area contributed by atoms with Gasteiger partial charge >= 0.3 is 0 Å². The second-order valence-corrected chi connectivity index (χ2v) is 5.92. The van der Waals surface area contributed by atoms with E-state index in [1.165, 1.54) is 6.42 Å². The summed E-state index contributed by atoms with van der Waals surface area (Å²) in [6.45, 7) is 3.43. The number of carbonyl (C=O) groups is 1. The van der Waals surface area contributed by atoms with Gasteiger partial charge in [0.2, 0.25) is 0 Å². The van der Waals surface area contributed by atoms with Gasteiger partial charge in [-0.3, -0.25) is 4.79 Å². The van der Waals surface area contributed by atoms with Crippen molar-refractivity contribution in [2.24, 2.45) is 0 Å². The molecule has 1 aliphatic heterocycles. The second-order valence-electron chi connectivity index (χ2n) is 5.07. The molecule has 1 fully saturated rings. The van der Waals surface area contributed by atoms with Crippen molar-refractivity contribution < 1.29 is 14.6 Å². The Morgan fingerprint density at radius 2 is 2.10 bits per heavy atom. The van der Waals surface area contributed by atoms with Gasteiger partial charge < -0.3 is 14.7 Å². The van der Waals surface area contributed by atoms with Gasteiger partial charge in [0.25, 0.3) is 5.91 Å². The van der Waals surface area contributed by atoms with Gasteiger partial charge in [-0.15, -0.1) is 0 Å². The quantitative estimate of drug-likeness (QED) is 0.915. The first-order valence-corrected chi connectivity index (χ1v) is 7.76. The summed E-state index contributed by atoms with van der Waals surface area (Å²) in [5.74, 6) is 0.669. The normalized spacial score (nSPS) is 16.9. The lowest BCUT2D eigenvalue weighted by Crippen LogP contribution is -2.43. The molecule has 0 bridgehead atoms. The van der Waals surface area contributed by atoms with Crippen molar-refractivity contribution in [1.82, 2.24) is 4.90 Å². The molecular weight excluding hydrogens is 322 g/mol. The first-order chi connectivity index (χ1) is 9.61. The molecule has 5 heteroatoms. The zero-order valence-electron chi connectivity index (χ0n) is 11.6. The van der Waals surface area contributed by atoms with E-state index in [0.717, 1.165) is 36.0 Å². The van der Waals surface area contributed by atoms with Crippen molar-refractivity contribution in [2.75, 3.05) is 13.1 Å². The van der Waals surface area contributed by atoms with Crippen molar-refractivity contribution in [3.05, 3.63) is 28.2 Å². The smallest absolute Gasteiger partial charge is 0.263 e. The summed E-state index contributed by atoms with van der Waals surface area (Å²) in [5.41, 5.74) is 0.805. The van der Waals surface area contributed by atoms with E-state index in [9.17, 15) is 4.79 Å². The van der Waals surface area contributed by atoms with E-state index in [0.29, 0.717) is 5.75 Å². The first-order valence-electron chi connectivity index (χ1n) is 6.96. The molecule has 2 rings (SSSR count). The number of piperidine rings is 1. The third-order valence-corrected chi connectivity index (χ3v) is 4.12. The van der Waals surface area contributed by atoms with E-state index in [4.69, 9.17) is 9.84 Å². The summed E-state index contributed by atoms with van der Waals surface area (Å²) >= 11 is 3.40. The largest absolute Gasteiger partial charge is 0.480 e. The summed E-state index contributed by atoms with van der Waals surface area (Å²) in [7, 11) is 0. The highest BCUT2D eigenvalue weighted by atomic mass is 79.9. The lowest BCUT2D eigenvalue weighted by molar-refractivity contribution is -0.138. The molecule has 0 radical (unpaired) electrons. The van der Waals surface area contributed by atoms with Gasteiger partial charge in [0.15, 0.2) is 6.10 Å². The number of hydrogen-bond donors (Lipinski definition) is 1. The van der Waals surface area contributed by atoms with Crippen molar-refractivity contribution in [3.63, 3.8) is 0 Å². The Morgan fingerprint density at radius 1 is 1.40 bits per heavy atom. The highest BCUT2D eigenvalue weighted by molar-refractivity contribution is 9.10. The Hall–Kier alpha value is -1.07. The van der Waals surface area contributed by atoms with Crippen LogP contribution in [0, 0.1) is 0 Å². The van der Waals surface area contributed by atoms with Gasteiger partial charge in [-0.1, -0.05) is 6.07 Å². The lowest BCUT2D eigenvalue weighted by Gasteiger charge is -2.29. The molecule has 1 heterocycles. The third-order valence-electron chi connectivity index (χ3n) is 3.50. The van der Waals surface area contributed by atoms with Crippen LogP contribution >= 0.6 is 15.9 Å². The van der Waals surface area contributed by atoms with Crippen LogP contribution in [0.4, 0.5) is 0 Å². The molecule has 0 aliphatic carbocycles. The van der Waals surface area contributed by atoms with E-state index < -0.39 is 6.10 Å². The highest BCUT2D eigenvalue weighted by Gasteiger charge is 2.23. The molecule has 1 aromatic carbocycles. The molecule has 1 N–H and O–H groups in total. The number of amides is 1.